The van der Waals surface area contributed by atoms with Gasteiger partial charge in [-0.1, -0.05) is 54.6 Å². The van der Waals surface area contributed by atoms with E-state index in [0.29, 0.717) is 5.82 Å². The number of pyridine rings is 1. The zero-order valence-electron chi connectivity index (χ0n) is 17.7. The quantitative estimate of drug-likeness (QED) is 0.482. The van der Waals surface area contributed by atoms with Crippen LogP contribution in [0.2, 0.25) is 0 Å². The average molecular weight is 397 g/mol. The van der Waals surface area contributed by atoms with Gasteiger partial charge < -0.3 is 9.31 Å². The summed E-state index contributed by atoms with van der Waals surface area (Å²) in [5.41, 5.74) is 4.23. The molecule has 0 amide bonds. The molecule has 0 radical (unpaired) electrons. The van der Waals surface area contributed by atoms with Crippen LogP contribution in [0.1, 0.15) is 27.7 Å². The molecule has 0 atom stereocenters. The number of fused-ring (bicyclic) bond motifs is 1. The van der Waals surface area contributed by atoms with Gasteiger partial charge in [0.05, 0.1) is 11.2 Å². The molecule has 4 aromatic rings. The molecule has 0 unspecified atom stereocenters. The van der Waals surface area contributed by atoms with E-state index >= 15 is 0 Å². The van der Waals surface area contributed by atoms with E-state index in [0.717, 1.165) is 27.8 Å². The average Bonchev–Trinajstić information content (AvgIpc) is 3.26. The molecule has 1 aliphatic heterocycles. The van der Waals surface area contributed by atoms with Gasteiger partial charge in [-0.15, -0.1) is 5.10 Å². The number of benzene rings is 2. The van der Waals surface area contributed by atoms with Crippen LogP contribution >= 0.6 is 0 Å². The third-order valence-corrected chi connectivity index (χ3v) is 6.11. The Morgan fingerprint density at radius 3 is 2.20 bits per heavy atom. The topological polar surface area (TPSA) is 48.7 Å². The van der Waals surface area contributed by atoms with Crippen molar-refractivity contribution >= 4 is 18.2 Å². The Bertz CT molecular complexity index is 1200. The standard InChI is InChI=1S/C24H24BN3O2/c1-23(2)24(3,4)30-25(29-23)20-12-8-11-18(15-20)22-26-21-14-13-19(16-28(21)27-22)17-9-6-5-7-10-17/h5-16H,1-4H3. The van der Waals surface area contributed by atoms with E-state index in [4.69, 9.17) is 19.4 Å². The van der Waals surface area contributed by atoms with Crippen LogP contribution < -0.4 is 5.46 Å². The Labute approximate surface area is 176 Å². The Morgan fingerprint density at radius 1 is 0.767 bits per heavy atom. The molecule has 6 heteroatoms. The Morgan fingerprint density at radius 2 is 1.47 bits per heavy atom. The highest BCUT2D eigenvalue weighted by Gasteiger charge is 2.51. The second kappa shape index (κ2) is 6.79. The fraction of sp³-hybridized carbons (Fsp3) is 0.250. The number of hydrogen-bond donors (Lipinski definition) is 0. The van der Waals surface area contributed by atoms with Gasteiger partial charge in [0.15, 0.2) is 11.5 Å². The maximum atomic E-state index is 6.20. The number of aromatic nitrogens is 3. The molecule has 0 bridgehead atoms. The van der Waals surface area contributed by atoms with Crippen molar-refractivity contribution in [3.05, 3.63) is 72.9 Å². The lowest BCUT2D eigenvalue weighted by Gasteiger charge is -2.32. The molecule has 2 aromatic carbocycles. The molecule has 1 saturated heterocycles. The summed E-state index contributed by atoms with van der Waals surface area (Å²) in [6.07, 6.45) is 2.01. The van der Waals surface area contributed by atoms with E-state index in [1.165, 1.54) is 0 Å². The van der Waals surface area contributed by atoms with Crippen LogP contribution in [0.25, 0.3) is 28.2 Å². The zero-order chi connectivity index (χ0) is 20.9. The Kier molecular flexibility index (Phi) is 4.31. The molecule has 5 rings (SSSR count). The highest BCUT2D eigenvalue weighted by Crippen LogP contribution is 2.36. The summed E-state index contributed by atoms with van der Waals surface area (Å²) in [6, 6.07) is 22.4. The van der Waals surface area contributed by atoms with Gasteiger partial charge >= 0.3 is 7.12 Å². The third kappa shape index (κ3) is 3.22. The predicted molar refractivity (Wildman–Crippen MR) is 120 cm³/mol. The van der Waals surface area contributed by atoms with Crippen molar-refractivity contribution in [2.24, 2.45) is 0 Å². The van der Waals surface area contributed by atoms with Crippen molar-refractivity contribution in [3.63, 3.8) is 0 Å². The van der Waals surface area contributed by atoms with Gasteiger partial charge in [0.2, 0.25) is 0 Å². The fourth-order valence-corrected chi connectivity index (χ4v) is 3.61. The highest BCUT2D eigenvalue weighted by atomic mass is 16.7. The lowest BCUT2D eigenvalue weighted by atomic mass is 9.78. The maximum absolute atomic E-state index is 6.20. The van der Waals surface area contributed by atoms with Gasteiger partial charge in [0.25, 0.3) is 0 Å². The second-order valence-corrected chi connectivity index (χ2v) is 8.74. The minimum atomic E-state index is -0.406. The van der Waals surface area contributed by atoms with Crippen LogP contribution in [0.15, 0.2) is 72.9 Å². The van der Waals surface area contributed by atoms with Crippen molar-refractivity contribution in [1.82, 2.24) is 14.6 Å². The fourth-order valence-electron chi connectivity index (χ4n) is 3.61. The highest BCUT2D eigenvalue weighted by molar-refractivity contribution is 6.62. The summed E-state index contributed by atoms with van der Waals surface area (Å²) in [5.74, 6) is 0.679. The van der Waals surface area contributed by atoms with Crippen molar-refractivity contribution in [3.8, 4) is 22.5 Å². The van der Waals surface area contributed by atoms with Gasteiger partial charge in [0.1, 0.15) is 0 Å². The zero-order valence-corrected chi connectivity index (χ0v) is 17.7. The van der Waals surface area contributed by atoms with E-state index in [9.17, 15) is 0 Å². The molecule has 0 aliphatic carbocycles. The Balaban J connectivity index is 1.48. The normalized spacial score (nSPS) is 17.5. The van der Waals surface area contributed by atoms with Crippen molar-refractivity contribution in [2.45, 2.75) is 38.9 Å². The largest absolute Gasteiger partial charge is 0.494 e. The summed E-state index contributed by atoms with van der Waals surface area (Å²) < 4.78 is 14.2. The van der Waals surface area contributed by atoms with E-state index in [1.54, 1.807) is 0 Å². The molecule has 0 N–H and O–H groups in total. The third-order valence-electron chi connectivity index (χ3n) is 6.11. The van der Waals surface area contributed by atoms with Gasteiger partial charge in [0, 0.05) is 17.3 Å². The van der Waals surface area contributed by atoms with Crippen molar-refractivity contribution in [1.29, 1.82) is 0 Å². The lowest BCUT2D eigenvalue weighted by Crippen LogP contribution is -2.41. The van der Waals surface area contributed by atoms with E-state index in [2.05, 4.69) is 52.0 Å². The molecule has 5 nitrogen and oxygen atoms in total. The van der Waals surface area contributed by atoms with Crippen molar-refractivity contribution < 1.29 is 9.31 Å². The maximum Gasteiger partial charge on any atom is 0.494 e. The summed E-state index contributed by atoms with van der Waals surface area (Å²) in [6.45, 7) is 8.24. The first-order valence-corrected chi connectivity index (χ1v) is 10.2. The van der Waals surface area contributed by atoms with Gasteiger partial charge in [-0.05, 0) is 50.9 Å². The van der Waals surface area contributed by atoms with Gasteiger partial charge in [-0.2, -0.15) is 0 Å². The van der Waals surface area contributed by atoms with Crippen molar-refractivity contribution in [2.75, 3.05) is 0 Å². The van der Waals surface area contributed by atoms with E-state index in [1.807, 2.05) is 53.2 Å². The van der Waals surface area contributed by atoms with Crippen LogP contribution in [0.3, 0.4) is 0 Å². The molecule has 30 heavy (non-hydrogen) atoms. The van der Waals surface area contributed by atoms with Crippen LogP contribution in [0.5, 0.6) is 0 Å². The first-order valence-electron chi connectivity index (χ1n) is 10.2. The molecular formula is C24H24BN3O2. The molecule has 0 spiro atoms. The molecule has 2 aromatic heterocycles. The molecule has 1 fully saturated rings. The Hall–Kier alpha value is -2.96. The summed E-state index contributed by atoms with van der Waals surface area (Å²) in [4.78, 5) is 4.71. The first-order chi connectivity index (χ1) is 14.3. The molecule has 0 saturated carbocycles. The van der Waals surface area contributed by atoms with Crippen LogP contribution in [-0.2, 0) is 9.31 Å². The smallest absolute Gasteiger partial charge is 0.399 e. The van der Waals surface area contributed by atoms with E-state index < -0.39 is 7.12 Å². The summed E-state index contributed by atoms with van der Waals surface area (Å²) >= 11 is 0. The molecule has 150 valence electrons. The van der Waals surface area contributed by atoms with Gasteiger partial charge in [-0.25, -0.2) is 9.50 Å². The SMILES string of the molecule is CC1(C)OB(c2cccc(-c3nc4ccc(-c5ccccc5)cn4n3)c2)OC1(C)C. The molecule has 1 aliphatic rings. The minimum absolute atomic E-state index is 0.372. The molecule has 3 heterocycles. The van der Waals surface area contributed by atoms with E-state index in [-0.39, 0.29) is 11.2 Å². The van der Waals surface area contributed by atoms with Crippen LogP contribution in [0.4, 0.5) is 0 Å². The molecular weight excluding hydrogens is 373 g/mol. The van der Waals surface area contributed by atoms with Crippen LogP contribution in [0, 0.1) is 0 Å². The number of hydrogen-bond acceptors (Lipinski definition) is 4. The number of nitrogens with zero attached hydrogens (tertiary/aromatic N) is 3. The predicted octanol–water partition coefficient (Wildman–Crippen LogP) is 4.36. The minimum Gasteiger partial charge on any atom is -0.399 e. The summed E-state index contributed by atoms with van der Waals surface area (Å²) in [7, 11) is -0.406. The second-order valence-electron chi connectivity index (χ2n) is 8.74. The van der Waals surface area contributed by atoms with Crippen LogP contribution in [-0.4, -0.2) is 32.9 Å². The number of rotatable bonds is 3. The first kappa shape index (κ1) is 19.0. The lowest BCUT2D eigenvalue weighted by molar-refractivity contribution is 0.00578. The summed E-state index contributed by atoms with van der Waals surface area (Å²) in [5, 5.41) is 4.72. The monoisotopic (exact) mass is 397 g/mol. The van der Waals surface area contributed by atoms with Gasteiger partial charge in [-0.3, -0.25) is 0 Å².